The fourth-order valence-corrected chi connectivity index (χ4v) is 3.06. The van der Waals surface area contributed by atoms with Gasteiger partial charge in [-0.2, -0.15) is 10.4 Å². The quantitative estimate of drug-likeness (QED) is 0.537. The highest BCUT2D eigenvalue weighted by Gasteiger charge is 2.16. The first-order valence-electron chi connectivity index (χ1n) is 8.60. The zero-order chi connectivity index (χ0) is 20.4. The predicted molar refractivity (Wildman–Crippen MR) is 102 cm³/mol. The summed E-state index contributed by atoms with van der Waals surface area (Å²) in [6.45, 7) is 5.48. The van der Waals surface area contributed by atoms with Gasteiger partial charge in [0.1, 0.15) is 11.6 Å². The number of carbonyl (C=O) groups is 1. The highest BCUT2D eigenvalue weighted by atomic mass is 16.6. The lowest BCUT2D eigenvalue weighted by molar-refractivity contribution is -0.384. The summed E-state index contributed by atoms with van der Waals surface area (Å²) >= 11 is 0. The van der Waals surface area contributed by atoms with Gasteiger partial charge in [-0.15, -0.1) is 0 Å². The Morgan fingerprint density at radius 2 is 2.11 bits per heavy atom. The van der Waals surface area contributed by atoms with E-state index < -0.39 is 4.92 Å². The molecule has 28 heavy (non-hydrogen) atoms. The number of nitro groups is 1. The number of amides is 1. The molecule has 2 heterocycles. The maximum absolute atomic E-state index is 12.4. The number of benzene rings is 1. The average molecular weight is 378 g/mol. The molecule has 0 saturated heterocycles. The zero-order valence-corrected chi connectivity index (χ0v) is 15.7. The van der Waals surface area contributed by atoms with Crippen molar-refractivity contribution >= 4 is 22.9 Å². The molecule has 0 unspecified atom stereocenters. The Morgan fingerprint density at radius 3 is 2.79 bits per heavy atom. The number of non-ortho nitro benzene ring substituents is 1. The van der Waals surface area contributed by atoms with Crippen LogP contribution in [0.1, 0.15) is 34.5 Å². The van der Waals surface area contributed by atoms with Gasteiger partial charge in [-0.3, -0.25) is 14.9 Å². The van der Waals surface area contributed by atoms with Crippen LogP contribution in [-0.2, 0) is 11.2 Å². The number of nitrogens with zero attached hydrogens (tertiary/aromatic N) is 5. The molecule has 0 saturated carbocycles. The molecule has 0 aliphatic carbocycles. The number of aromatic nitrogens is 3. The summed E-state index contributed by atoms with van der Waals surface area (Å²) < 4.78 is 1.60. The van der Waals surface area contributed by atoms with Crippen LogP contribution in [0.2, 0.25) is 0 Å². The lowest BCUT2D eigenvalue weighted by atomic mass is 10.1. The lowest BCUT2D eigenvalue weighted by Crippen LogP contribution is -2.15. The molecular formula is C19H18N6O3. The molecule has 0 fully saturated rings. The van der Waals surface area contributed by atoms with E-state index in [1.54, 1.807) is 17.5 Å². The maximum atomic E-state index is 12.4. The Bertz CT molecular complexity index is 1140. The molecule has 142 valence electrons. The van der Waals surface area contributed by atoms with Gasteiger partial charge in [-0.25, -0.2) is 9.50 Å². The standard InChI is InChI=1S/C19H18N6O3/c1-11-4-5-15(25(27)28)8-17(11)23-18(26)7-6-16-12(2)22-19-14(9-20)10-21-24(19)13(16)3/h4-5,8,10H,6-7H2,1-3H3,(H,23,26). The second-order valence-corrected chi connectivity index (χ2v) is 6.47. The smallest absolute Gasteiger partial charge is 0.271 e. The topological polar surface area (TPSA) is 126 Å². The molecule has 0 bridgehead atoms. The summed E-state index contributed by atoms with van der Waals surface area (Å²) in [5.41, 5.74) is 4.43. The second kappa shape index (κ2) is 7.44. The van der Waals surface area contributed by atoms with Crippen molar-refractivity contribution in [2.45, 2.75) is 33.6 Å². The van der Waals surface area contributed by atoms with E-state index in [1.165, 1.54) is 18.3 Å². The molecule has 1 amide bonds. The van der Waals surface area contributed by atoms with Crippen molar-refractivity contribution in [1.82, 2.24) is 14.6 Å². The third-order valence-electron chi connectivity index (χ3n) is 4.64. The normalized spacial score (nSPS) is 10.6. The molecule has 0 aliphatic rings. The number of rotatable bonds is 5. The molecule has 1 aromatic carbocycles. The van der Waals surface area contributed by atoms with Crippen LogP contribution in [0.3, 0.4) is 0 Å². The summed E-state index contributed by atoms with van der Waals surface area (Å²) in [6.07, 6.45) is 2.09. The van der Waals surface area contributed by atoms with Gasteiger partial charge in [-0.1, -0.05) is 6.07 Å². The summed E-state index contributed by atoms with van der Waals surface area (Å²) in [5, 5.41) is 27.0. The van der Waals surface area contributed by atoms with Crippen LogP contribution in [0, 0.1) is 42.2 Å². The van der Waals surface area contributed by atoms with Crippen molar-refractivity contribution in [2.75, 3.05) is 5.32 Å². The Kier molecular flexibility index (Phi) is 5.04. The van der Waals surface area contributed by atoms with Crippen molar-refractivity contribution < 1.29 is 9.72 Å². The van der Waals surface area contributed by atoms with Crippen molar-refractivity contribution in [3.63, 3.8) is 0 Å². The van der Waals surface area contributed by atoms with Gasteiger partial charge in [0.25, 0.3) is 5.69 Å². The molecule has 3 rings (SSSR count). The number of anilines is 1. The molecule has 0 atom stereocenters. The van der Waals surface area contributed by atoms with Crippen LogP contribution >= 0.6 is 0 Å². The zero-order valence-electron chi connectivity index (χ0n) is 15.7. The van der Waals surface area contributed by atoms with Crippen LogP contribution in [-0.4, -0.2) is 25.4 Å². The van der Waals surface area contributed by atoms with Gasteiger partial charge in [0.15, 0.2) is 5.65 Å². The molecule has 9 nitrogen and oxygen atoms in total. The van der Waals surface area contributed by atoms with Gasteiger partial charge in [0.05, 0.1) is 16.8 Å². The fourth-order valence-electron chi connectivity index (χ4n) is 3.06. The molecule has 1 N–H and O–H groups in total. The summed E-state index contributed by atoms with van der Waals surface area (Å²) in [4.78, 5) is 27.3. The molecule has 9 heteroatoms. The minimum absolute atomic E-state index is 0.0748. The Morgan fingerprint density at radius 1 is 1.36 bits per heavy atom. The van der Waals surface area contributed by atoms with E-state index >= 15 is 0 Å². The van der Waals surface area contributed by atoms with E-state index in [9.17, 15) is 14.9 Å². The average Bonchev–Trinajstić information content (AvgIpc) is 3.06. The summed E-state index contributed by atoms with van der Waals surface area (Å²) in [5.74, 6) is -0.249. The van der Waals surface area contributed by atoms with Gasteiger partial charge in [0.2, 0.25) is 5.91 Å². The van der Waals surface area contributed by atoms with Crippen molar-refractivity contribution in [1.29, 1.82) is 5.26 Å². The van der Waals surface area contributed by atoms with Crippen LogP contribution in [0.25, 0.3) is 5.65 Å². The number of hydrogen-bond acceptors (Lipinski definition) is 6. The van der Waals surface area contributed by atoms with Crippen molar-refractivity contribution in [3.05, 3.63) is 62.6 Å². The second-order valence-electron chi connectivity index (χ2n) is 6.47. The Labute approximate surface area is 160 Å². The first-order valence-corrected chi connectivity index (χ1v) is 8.60. The van der Waals surface area contributed by atoms with E-state index in [2.05, 4.69) is 21.5 Å². The van der Waals surface area contributed by atoms with Gasteiger partial charge in [-0.05, 0) is 38.3 Å². The van der Waals surface area contributed by atoms with E-state index in [0.29, 0.717) is 23.3 Å². The van der Waals surface area contributed by atoms with E-state index in [-0.39, 0.29) is 18.0 Å². The minimum atomic E-state index is -0.498. The number of nitrogens with one attached hydrogen (secondary N) is 1. The van der Waals surface area contributed by atoms with E-state index in [0.717, 1.165) is 22.5 Å². The van der Waals surface area contributed by atoms with E-state index in [4.69, 9.17) is 5.26 Å². The molecule has 3 aromatic rings. The molecular weight excluding hydrogens is 360 g/mol. The summed E-state index contributed by atoms with van der Waals surface area (Å²) in [6, 6.07) is 6.42. The number of nitriles is 1. The highest BCUT2D eigenvalue weighted by molar-refractivity contribution is 5.92. The molecule has 2 aromatic heterocycles. The number of carbonyl (C=O) groups excluding carboxylic acids is 1. The van der Waals surface area contributed by atoms with Gasteiger partial charge < -0.3 is 5.32 Å². The molecule has 0 spiro atoms. The van der Waals surface area contributed by atoms with Gasteiger partial charge >= 0.3 is 0 Å². The Hall–Kier alpha value is -3.80. The Balaban J connectivity index is 1.78. The third-order valence-corrected chi connectivity index (χ3v) is 4.64. The maximum Gasteiger partial charge on any atom is 0.271 e. The van der Waals surface area contributed by atoms with Crippen LogP contribution < -0.4 is 5.32 Å². The molecule has 0 aliphatic heterocycles. The minimum Gasteiger partial charge on any atom is -0.326 e. The molecule has 0 radical (unpaired) electrons. The van der Waals surface area contributed by atoms with Crippen LogP contribution in [0.5, 0.6) is 0 Å². The van der Waals surface area contributed by atoms with E-state index in [1.807, 2.05) is 13.8 Å². The largest absolute Gasteiger partial charge is 0.326 e. The first-order chi connectivity index (χ1) is 13.3. The number of fused-ring (bicyclic) bond motifs is 1. The van der Waals surface area contributed by atoms with Gasteiger partial charge in [0, 0.05) is 29.9 Å². The number of nitro benzene ring substituents is 1. The predicted octanol–water partition coefficient (Wildman–Crippen LogP) is 3.01. The number of hydrogen-bond donors (Lipinski definition) is 1. The lowest BCUT2D eigenvalue weighted by Gasteiger charge is -2.12. The third kappa shape index (κ3) is 3.53. The first kappa shape index (κ1) is 19.0. The summed E-state index contributed by atoms with van der Waals surface area (Å²) in [7, 11) is 0. The SMILES string of the molecule is Cc1ccc([N+](=O)[O-])cc1NC(=O)CCc1c(C)nc2c(C#N)cnn2c1C. The highest BCUT2D eigenvalue weighted by Crippen LogP contribution is 2.23. The van der Waals surface area contributed by atoms with Crippen LogP contribution in [0.4, 0.5) is 11.4 Å². The fraction of sp³-hybridized carbons (Fsp3) is 0.263. The van der Waals surface area contributed by atoms with Crippen LogP contribution in [0.15, 0.2) is 24.4 Å². The van der Waals surface area contributed by atoms with Crippen molar-refractivity contribution in [2.24, 2.45) is 0 Å². The number of aryl methyl sites for hydroxylation is 3. The monoisotopic (exact) mass is 378 g/mol. The van der Waals surface area contributed by atoms with Crippen molar-refractivity contribution in [3.8, 4) is 6.07 Å².